The second-order valence-electron chi connectivity index (χ2n) is 5.12. The molecular formula is C11H18CuFN2. The topological polar surface area (TPSA) is 17.8 Å². The fourth-order valence-electron chi connectivity index (χ4n) is 1.43. The Morgan fingerprint density at radius 1 is 1.47 bits per heavy atom. The van der Waals surface area contributed by atoms with E-state index < -0.39 is 0 Å². The SMILES string of the molecule is CC(C)(C)c1ccn(CC2CC2)n1.[F][Cu]. The molecule has 1 aromatic rings. The summed E-state index contributed by atoms with van der Waals surface area (Å²) in [5.41, 5.74) is 1.39. The van der Waals surface area contributed by atoms with Crippen LogP contribution in [0, 0.1) is 5.92 Å². The molecule has 15 heavy (non-hydrogen) atoms. The number of hydrogen-bond acceptors (Lipinski definition) is 1. The van der Waals surface area contributed by atoms with Crippen molar-refractivity contribution >= 4 is 0 Å². The number of nitrogens with zero attached hydrogens (tertiary/aromatic N) is 2. The molecule has 1 heterocycles. The van der Waals surface area contributed by atoms with Crippen molar-refractivity contribution in [1.82, 2.24) is 9.78 Å². The van der Waals surface area contributed by atoms with Crippen LogP contribution >= 0.6 is 0 Å². The first-order valence-electron chi connectivity index (χ1n) is 5.21. The van der Waals surface area contributed by atoms with Gasteiger partial charge in [-0.05, 0) is 24.8 Å². The zero-order chi connectivity index (χ0) is 11.5. The van der Waals surface area contributed by atoms with Gasteiger partial charge in [0.15, 0.2) is 0 Å². The minimum atomic E-state index is 0.189. The van der Waals surface area contributed by atoms with Crippen LogP contribution in [0.1, 0.15) is 39.3 Å². The molecule has 0 radical (unpaired) electrons. The Bertz CT molecular complexity index is 300. The molecule has 1 aromatic heterocycles. The number of hydrogen-bond donors (Lipinski definition) is 0. The third-order valence-corrected chi connectivity index (χ3v) is 2.55. The van der Waals surface area contributed by atoms with Gasteiger partial charge in [0.05, 0.1) is 5.69 Å². The van der Waals surface area contributed by atoms with Gasteiger partial charge in [-0.1, -0.05) is 20.8 Å². The van der Waals surface area contributed by atoms with Gasteiger partial charge in [-0.3, -0.25) is 4.68 Å². The first-order valence-corrected chi connectivity index (χ1v) is 5.56. The Labute approximate surface area is 99.5 Å². The Kier molecular flexibility index (Phi) is 4.35. The molecule has 4 heteroatoms. The van der Waals surface area contributed by atoms with E-state index in [-0.39, 0.29) is 5.41 Å². The van der Waals surface area contributed by atoms with E-state index in [0.717, 1.165) is 12.5 Å². The van der Waals surface area contributed by atoms with E-state index in [0.29, 0.717) is 0 Å². The molecule has 2 rings (SSSR count). The number of rotatable bonds is 2. The normalized spacial score (nSPS) is 15.9. The van der Waals surface area contributed by atoms with E-state index in [1.165, 1.54) is 18.5 Å². The molecular weight excluding hydrogens is 243 g/mol. The first-order chi connectivity index (χ1) is 7.05. The molecule has 0 spiro atoms. The molecule has 0 aromatic carbocycles. The number of aromatic nitrogens is 2. The first kappa shape index (κ1) is 12.7. The predicted molar refractivity (Wildman–Crippen MR) is 54.8 cm³/mol. The molecule has 0 atom stereocenters. The van der Waals surface area contributed by atoms with E-state index in [2.05, 4.69) is 59.3 Å². The molecule has 0 aliphatic heterocycles. The van der Waals surface area contributed by atoms with Crippen molar-refractivity contribution in [3.8, 4) is 0 Å². The summed E-state index contributed by atoms with van der Waals surface area (Å²) in [4.78, 5) is 0. The van der Waals surface area contributed by atoms with Gasteiger partial charge in [-0.2, -0.15) is 5.10 Å². The Morgan fingerprint density at radius 3 is 2.47 bits per heavy atom. The molecule has 0 unspecified atom stereocenters. The van der Waals surface area contributed by atoms with Crippen LogP contribution in [0.4, 0.5) is 3.55 Å². The van der Waals surface area contributed by atoms with E-state index >= 15 is 0 Å². The van der Waals surface area contributed by atoms with E-state index in [1.807, 2.05) is 0 Å². The van der Waals surface area contributed by atoms with E-state index in [9.17, 15) is 0 Å². The van der Waals surface area contributed by atoms with Crippen LogP contribution in [-0.4, -0.2) is 9.78 Å². The molecule has 0 saturated heterocycles. The fourth-order valence-corrected chi connectivity index (χ4v) is 1.43. The standard InChI is InChI=1S/C11H18N2.Cu.FH/c1-11(2,3)10-6-7-13(12-10)8-9-4-5-9;;/h6-7,9H,4-5,8H2,1-3H3;;1H/q;+1;/p-1. The van der Waals surface area contributed by atoms with E-state index in [1.54, 1.807) is 0 Å². The molecule has 2 nitrogen and oxygen atoms in total. The quantitative estimate of drug-likeness (QED) is 0.748. The summed E-state index contributed by atoms with van der Waals surface area (Å²) >= 11 is 2.69. The van der Waals surface area contributed by atoms with E-state index in [4.69, 9.17) is 3.55 Å². The van der Waals surface area contributed by atoms with Crippen LogP contribution in [-0.2, 0) is 28.4 Å². The van der Waals surface area contributed by atoms with Gasteiger partial charge in [0.2, 0.25) is 0 Å². The zero-order valence-corrected chi connectivity index (χ0v) is 10.4. The molecule has 1 aliphatic rings. The van der Waals surface area contributed by atoms with Crippen molar-refractivity contribution in [3.63, 3.8) is 0 Å². The third kappa shape index (κ3) is 3.96. The zero-order valence-electron chi connectivity index (χ0n) is 9.43. The van der Waals surface area contributed by atoms with Gasteiger partial charge in [-0.25, -0.2) is 0 Å². The van der Waals surface area contributed by atoms with Gasteiger partial charge >= 0.3 is 20.0 Å². The predicted octanol–water partition coefficient (Wildman–Crippen LogP) is 3.01. The van der Waals surface area contributed by atoms with Crippen molar-refractivity contribution in [3.05, 3.63) is 18.0 Å². The molecule has 90 valence electrons. The summed E-state index contributed by atoms with van der Waals surface area (Å²) in [6.45, 7) is 7.74. The molecule has 1 aliphatic carbocycles. The van der Waals surface area contributed by atoms with Gasteiger partial charge < -0.3 is 0 Å². The summed E-state index contributed by atoms with van der Waals surface area (Å²) < 4.78 is 11.2. The fraction of sp³-hybridized carbons (Fsp3) is 0.727. The van der Waals surface area contributed by atoms with Gasteiger partial charge in [0.25, 0.3) is 0 Å². The Hall–Kier alpha value is -0.341. The van der Waals surface area contributed by atoms with Crippen molar-refractivity contribution in [2.75, 3.05) is 0 Å². The minimum absolute atomic E-state index is 0.189. The van der Waals surface area contributed by atoms with Gasteiger partial charge in [-0.15, -0.1) is 0 Å². The summed E-state index contributed by atoms with van der Waals surface area (Å²) in [7, 11) is 0. The van der Waals surface area contributed by atoms with Crippen LogP contribution < -0.4 is 0 Å². The Balaban J connectivity index is 0.000000531. The maximum absolute atomic E-state index is 9.06. The van der Waals surface area contributed by atoms with Crippen molar-refractivity contribution in [2.24, 2.45) is 5.92 Å². The average Bonchev–Trinajstić information content (AvgIpc) is 2.83. The second kappa shape index (κ2) is 5.13. The van der Waals surface area contributed by atoms with Crippen LogP contribution in [0.3, 0.4) is 0 Å². The maximum atomic E-state index is 9.06. The van der Waals surface area contributed by atoms with Crippen molar-refractivity contribution < 1.29 is 20.0 Å². The molecule has 0 bridgehead atoms. The summed E-state index contributed by atoms with van der Waals surface area (Å²) in [6, 6.07) is 2.14. The molecule has 1 saturated carbocycles. The second-order valence-corrected chi connectivity index (χ2v) is 5.12. The third-order valence-electron chi connectivity index (χ3n) is 2.55. The van der Waals surface area contributed by atoms with Crippen LogP contribution in [0.5, 0.6) is 0 Å². The average molecular weight is 261 g/mol. The van der Waals surface area contributed by atoms with Crippen molar-refractivity contribution in [1.29, 1.82) is 0 Å². The molecule has 1 fully saturated rings. The number of halogens is 1. The monoisotopic (exact) mass is 260 g/mol. The van der Waals surface area contributed by atoms with Crippen LogP contribution in [0.25, 0.3) is 0 Å². The summed E-state index contributed by atoms with van der Waals surface area (Å²) in [5, 5.41) is 4.58. The van der Waals surface area contributed by atoms with Gasteiger partial charge in [0.1, 0.15) is 0 Å². The van der Waals surface area contributed by atoms with Crippen molar-refractivity contribution in [2.45, 2.75) is 45.6 Å². The summed E-state index contributed by atoms with van der Waals surface area (Å²) in [5.74, 6) is 0.910. The molecule has 0 N–H and O–H groups in total. The van der Waals surface area contributed by atoms with Crippen LogP contribution in [0.2, 0.25) is 0 Å². The van der Waals surface area contributed by atoms with Crippen LogP contribution in [0.15, 0.2) is 12.3 Å². The molecule has 0 amide bonds. The Morgan fingerprint density at radius 2 is 2.07 bits per heavy atom. The van der Waals surface area contributed by atoms with Gasteiger partial charge in [0, 0.05) is 18.2 Å². The summed E-state index contributed by atoms with van der Waals surface area (Å²) in [6.07, 6.45) is 4.90.